The van der Waals surface area contributed by atoms with E-state index < -0.39 is 32.3 Å². The predicted octanol–water partition coefficient (Wildman–Crippen LogP) is 0.744. The maximum Gasteiger partial charge on any atom is 0.335 e. The molecule has 1 rings (SSSR count). The van der Waals surface area contributed by atoms with E-state index in [0.717, 1.165) is 12.1 Å². The van der Waals surface area contributed by atoms with Crippen LogP contribution in [-0.4, -0.2) is 26.0 Å². The minimum absolute atomic E-state index is 0.162. The molecule has 96 valence electrons. The molecule has 0 aromatic heterocycles. The molecule has 0 saturated carbocycles. The van der Waals surface area contributed by atoms with Gasteiger partial charge in [0, 0.05) is 5.56 Å². The molecule has 0 heterocycles. The molecule has 0 bridgehead atoms. The van der Waals surface area contributed by atoms with Crippen LogP contribution in [0.5, 0.6) is 0 Å². The number of benzene rings is 1. The third-order valence-corrected chi connectivity index (χ3v) is 3.72. The number of sulfonamides is 1. The molecule has 0 aliphatic heterocycles. The first kappa shape index (κ1) is 14.2. The summed E-state index contributed by atoms with van der Waals surface area (Å²) < 4.78 is 39.0. The van der Waals surface area contributed by atoms with Crippen molar-refractivity contribution in [1.29, 1.82) is 0 Å². The number of rotatable bonds is 4. The number of carboxylic acid groups (broad SMARTS) is 1. The third-order valence-electron chi connectivity index (χ3n) is 2.20. The van der Waals surface area contributed by atoms with Crippen molar-refractivity contribution in [3.8, 4) is 12.3 Å². The monoisotopic (exact) mass is 271 g/mol. The lowest BCUT2D eigenvalue weighted by molar-refractivity contribution is 0.0696. The highest BCUT2D eigenvalue weighted by molar-refractivity contribution is 7.89. The van der Waals surface area contributed by atoms with Crippen molar-refractivity contribution in [2.24, 2.45) is 0 Å². The first-order chi connectivity index (χ1) is 8.29. The molecule has 0 aliphatic rings. The highest BCUT2D eigenvalue weighted by Crippen LogP contribution is 2.20. The molecule has 2 N–H and O–H groups in total. The summed E-state index contributed by atoms with van der Waals surface area (Å²) in [6.45, 7) is 0.978. The molecule has 1 aromatic rings. The molecule has 0 saturated heterocycles. The van der Waals surface area contributed by atoms with Crippen LogP contribution in [0.4, 0.5) is 4.39 Å². The van der Waals surface area contributed by atoms with E-state index in [4.69, 9.17) is 11.5 Å². The minimum Gasteiger partial charge on any atom is -0.478 e. The lowest BCUT2D eigenvalue weighted by atomic mass is 10.1. The highest BCUT2D eigenvalue weighted by Gasteiger charge is 2.21. The molecular weight excluding hydrogens is 261 g/mol. The van der Waals surface area contributed by atoms with Crippen molar-refractivity contribution in [1.82, 2.24) is 4.72 Å². The van der Waals surface area contributed by atoms with Gasteiger partial charge in [-0.1, -0.05) is 5.92 Å². The third kappa shape index (κ3) is 2.85. The minimum atomic E-state index is -4.03. The summed E-state index contributed by atoms with van der Waals surface area (Å²) in [5.41, 5.74) is -0.608. The fourth-order valence-corrected chi connectivity index (χ4v) is 2.48. The topological polar surface area (TPSA) is 83.5 Å². The van der Waals surface area contributed by atoms with E-state index in [-0.39, 0.29) is 12.1 Å². The molecule has 0 amide bonds. The Morgan fingerprint density at radius 3 is 2.67 bits per heavy atom. The highest BCUT2D eigenvalue weighted by atomic mass is 32.2. The SMILES string of the molecule is C#CCNS(=O)(=O)c1cc(C(=O)O)cc(F)c1C. The molecule has 0 atom stereocenters. The summed E-state index contributed by atoms with van der Waals surface area (Å²) in [7, 11) is -4.03. The van der Waals surface area contributed by atoms with Crippen molar-refractivity contribution in [2.45, 2.75) is 11.8 Å². The molecular formula is C11H10FNO4S. The van der Waals surface area contributed by atoms with Crippen molar-refractivity contribution < 1.29 is 22.7 Å². The predicted molar refractivity (Wildman–Crippen MR) is 62.1 cm³/mol. The van der Waals surface area contributed by atoms with E-state index in [0.29, 0.717) is 0 Å². The number of aromatic carboxylic acids is 1. The van der Waals surface area contributed by atoms with Crippen LogP contribution in [-0.2, 0) is 10.0 Å². The zero-order valence-electron chi connectivity index (χ0n) is 9.40. The maximum absolute atomic E-state index is 13.5. The van der Waals surface area contributed by atoms with Gasteiger partial charge < -0.3 is 5.11 Å². The second-order valence-corrected chi connectivity index (χ2v) is 5.15. The van der Waals surface area contributed by atoms with Crippen LogP contribution >= 0.6 is 0 Å². The smallest absolute Gasteiger partial charge is 0.335 e. The van der Waals surface area contributed by atoms with Crippen LogP contribution in [0.2, 0.25) is 0 Å². The molecule has 0 aliphatic carbocycles. The first-order valence-corrected chi connectivity index (χ1v) is 6.24. The van der Waals surface area contributed by atoms with Gasteiger partial charge in [0.1, 0.15) is 5.82 Å². The van der Waals surface area contributed by atoms with Gasteiger partial charge in [-0.25, -0.2) is 17.6 Å². The molecule has 1 aromatic carbocycles. The zero-order valence-corrected chi connectivity index (χ0v) is 10.2. The van der Waals surface area contributed by atoms with Crippen molar-refractivity contribution in [3.63, 3.8) is 0 Å². The van der Waals surface area contributed by atoms with Crippen LogP contribution in [0.1, 0.15) is 15.9 Å². The number of hydrogen-bond donors (Lipinski definition) is 2. The van der Waals surface area contributed by atoms with Gasteiger partial charge in [0.15, 0.2) is 0 Å². The molecule has 0 spiro atoms. The van der Waals surface area contributed by atoms with Crippen LogP contribution in [0, 0.1) is 25.1 Å². The molecule has 5 nitrogen and oxygen atoms in total. The molecule has 18 heavy (non-hydrogen) atoms. The van der Waals surface area contributed by atoms with Gasteiger partial charge >= 0.3 is 5.97 Å². The summed E-state index contributed by atoms with van der Waals surface area (Å²) in [4.78, 5) is 10.3. The summed E-state index contributed by atoms with van der Waals surface area (Å²) in [5, 5.41) is 8.75. The Labute approximate surface area is 104 Å². The van der Waals surface area contributed by atoms with E-state index in [1.54, 1.807) is 0 Å². The average Bonchev–Trinajstić information content (AvgIpc) is 2.29. The lowest BCUT2D eigenvalue weighted by Crippen LogP contribution is -2.25. The number of carboxylic acids is 1. The van der Waals surface area contributed by atoms with Crippen LogP contribution < -0.4 is 4.72 Å². The van der Waals surface area contributed by atoms with Gasteiger partial charge in [0.05, 0.1) is 17.0 Å². The Morgan fingerprint density at radius 2 is 2.17 bits per heavy atom. The van der Waals surface area contributed by atoms with Gasteiger partial charge in [-0.2, -0.15) is 4.72 Å². The Hall–Kier alpha value is -1.91. The van der Waals surface area contributed by atoms with E-state index in [1.807, 2.05) is 4.72 Å². The molecule has 0 unspecified atom stereocenters. The fourth-order valence-electron chi connectivity index (χ4n) is 1.27. The maximum atomic E-state index is 13.5. The normalized spacial score (nSPS) is 10.9. The summed E-state index contributed by atoms with van der Waals surface area (Å²) in [5.74, 6) is -0.256. The second kappa shape index (κ2) is 5.16. The van der Waals surface area contributed by atoms with Gasteiger partial charge in [0.25, 0.3) is 0 Å². The summed E-state index contributed by atoms with van der Waals surface area (Å²) in [6.07, 6.45) is 4.91. The van der Waals surface area contributed by atoms with Crippen LogP contribution in [0.15, 0.2) is 17.0 Å². The second-order valence-electron chi connectivity index (χ2n) is 3.42. The Kier molecular flexibility index (Phi) is 4.06. The lowest BCUT2D eigenvalue weighted by Gasteiger charge is -2.09. The van der Waals surface area contributed by atoms with Gasteiger partial charge in [-0.15, -0.1) is 6.42 Å². The van der Waals surface area contributed by atoms with Gasteiger partial charge in [-0.3, -0.25) is 0 Å². The van der Waals surface area contributed by atoms with Gasteiger partial charge in [0.2, 0.25) is 10.0 Å². The number of terminal acetylenes is 1. The molecule has 7 heteroatoms. The van der Waals surface area contributed by atoms with Gasteiger partial charge in [-0.05, 0) is 19.1 Å². The Morgan fingerprint density at radius 1 is 1.56 bits per heavy atom. The largest absolute Gasteiger partial charge is 0.478 e. The Bertz CT molecular complexity index is 631. The van der Waals surface area contributed by atoms with E-state index in [1.165, 1.54) is 6.92 Å². The van der Waals surface area contributed by atoms with Crippen LogP contribution in [0.25, 0.3) is 0 Å². The zero-order chi connectivity index (χ0) is 13.9. The fraction of sp³-hybridized carbons (Fsp3) is 0.182. The van der Waals surface area contributed by atoms with Crippen molar-refractivity contribution >= 4 is 16.0 Å². The number of carbonyl (C=O) groups is 1. The standard InChI is InChI=1S/C11H10FNO4S/c1-3-4-13-18(16,17)10-6-8(11(14)15)5-9(12)7(10)2/h1,5-6,13H,4H2,2H3,(H,14,15). The number of nitrogens with one attached hydrogen (secondary N) is 1. The molecule has 0 fully saturated rings. The van der Waals surface area contributed by atoms with E-state index in [2.05, 4.69) is 5.92 Å². The molecule has 0 radical (unpaired) electrons. The number of hydrogen-bond acceptors (Lipinski definition) is 3. The summed E-state index contributed by atoms with van der Waals surface area (Å²) >= 11 is 0. The van der Waals surface area contributed by atoms with Crippen LogP contribution in [0.3, 0.4) is 0 Å². The van der Waals surface area contributed by atoms with E-state index >= 15 is 0 Å². The Balaban J connectivity index is 3.41. The first-order valence-electron chi connectivity index (χ1n) is 4.76. The van der Waals surface area contributed by atoms with E-state index in [9.17, 15) is 17.6 Å². The number of halogens is 1. The quantitative estimate of drug-likeness (QED) is 0.791. The van der Waals surface area contributed by atoms with Crippen molar-refractivity contribution in [2.75, 3.05) is 6.54 Å². The summed E-state index contributed by atoms with van der Waals surface area (Å²) in [6, 6.07) is 1.65. The van der Waals surface area contributed by atoms with Crippen molar-refractivity contribution in [3.05, 3.63) is 29.1 Å². The average molecular weight is 271 g/mol.